The molecule has 0 saturated heterocycles. The van der Waals surface area contributed by atoms with Gasteiger partial charge in [-0.2, -0.15) is 23.5 Å². The van der Waals surface area contributed by atoms with Gasteiger partial charge in [-0.15, -0.1) is 11.3 Å². The van der Waals surface area contributed by atoms with Crippen LogP contribution in [0.2, 0.25) is 0 Å². The summed E-state index contributed by atoms with van der Waals surface area (Å²) in [5.74, 6) is -0.966. The van der Waals surface area contributed by atoms with Gasteiger partial charge in [0.25, 0.3) is 5.91 Å². The van der Waals surface area contributed by atoms with Crippen molar-refractivity contribution >= 4 is 28.2 Å². The van der Waals surface area contributed by atoms with Gasteiger partial charge in [-0.05, 0) is 32.4 Å². The van der Waals surface area contributed by atoms with E-state index in [0.717, 1.165) is 22.1 Å². The standard InChI is InChI=1S/C17H18F3N5O2S/c1-8-6-12(17(18,19)20)23-25(8)10(3)14(26)22-15-11(7-21)9(2)13(28-15)16(27)24(4)5/h6,10H,1-5H3,(H,22,26). The van der Waals surface area contributed by atoms with Gasteiger partial charge in [0.15, 0.2) is 5.69 Å². The minimum Gasteiger partial charge on any atom is -0.344 e. The number of rotatable bonds is 4. The Balaban J connectivity index is 2.33. The van der Waals surface area contributed by atoms with Crippen LogP contribution in [0, 0.1) is 25.2 Å². The third-order valence-corrected chi connectivity index (χ3v) is 5.25. The second-order valence-electron chi connectivity index (χ2n) is 6.35. The lowest BCUT2D eigenvalue weighted by atomic mass is 10.1. The van der Waals surface area contributed by atoms with Crippen LogP contribution in [0.5, 0.6) is 0 Å². The monoisotopic (exact) mass is 413 g/mol. The van der Waals surface area contributed by atoms with Crippen molar-refractivity contribution in [2.24, 2.45) is 0 Å². The number of aryl methyl sites for hydroxylation is 1. The molecule has 0 fully saturated rings. The fraction of sp³-hybridized carbons (Fsp3) is 0.412. The maximum atomic E-state index is 12.8. The maximum absolute atomic E-state index is 12.8. The van der Waals surface area contributed by atoms with E-state index in [-0.39, 0.29) is 22.2 Å². The van der Waals surface area contributed by atoms with Crippen LogP contribution < -0.4 is 5.32 Å². The molecule has 0 aromatic carbocycles. The van der Waals surface area contributed by atoms with Gasteiger partial charge in [0.2, 0.25) is 5.91 Å². The Labute approximate surface area is 163 Å². The highest BCUT2D eigenvalue weighted by Gasteiger charge is 2.35. The van der Waals surface area contributed by atoms with E-state index in [1.165, 1.54) is 18.7 Å². The van der Waals surface area contributed by atoms with Crippen molar-refractivity contribution in [3.05, 3.63) is 33.5 Å². The molecule has 28 heavy (non-hydrogen) atoms. The number of hydrogen-bond donors (Lipinski definition) is 1. The van der Waals surface area contributed by atoms with Crippen LogP contribution in [0.25, 0.3) is 0 Å². The second kappa shape index (κ2) is 7.63. The van der Waals surface area contributed by atoms with Crippen LogP contribution in [0.3, 0.4) is 0 Å². The van der Waals surface area contributed by atoms with Crippen molar-refractivity contribution in [2.75, 3.05) is 19.4 Å². The van der Waals surface area contributed by atoms with Gasteiger partial charge in [-0.1, -0.05) is 0 Å². The zero-order chi connectivity index (χ0) is 21.4. The summed E-state index contributed by atoms with van der Waals surface area (Å²) < 4.78 is 39.5. The summed E-state index contributed by atoms with van der Waals surface area (Å²) in [6.07, 6.45) is -4.62. The molecule has 1 atom stereocenters. The third-order valence-electron chi connectivity index (χ3n) is 4.05. The lowest BCUT2D eigenvalue weighted by molar-refractivity contribution is -0.141. The Morgan fingerprint density at radius 1 is 1.36 bits per heavy atom. The topological polar surface area (TPSA) is 91.0 Å². The Kier molecular flexibility index (Phi) is 5.84. The lowest BCUT2D eigenvalue weighted by Gasteiger charge is -2.14. The van der Waals surface area contributed by atoms with E-state index in [4.69, 9.17) is 0 Å². The fourth-order valence-corrected chi connectivity index (χ4v) is 3.67. The van der Waals surface area contributed by atoms with Crippen LogP contribution in [0.15, 0.2) is 6.07 Å². The largest absolute Gasteiger partial charge is 0.435 e. The molecule has 1 N–H and O–H groups in total. The van der Waals surface area contributed by atoms with E-state index in [9.17, 15) is 28.0 Å². The van der Waals surface area contributed by atoms with Gasteiger partial charge in [0.05, 0.1) is 10.4 Å². The summed E-state index contributed by atoms with van der Waals surface area (Å²) in [5.41, 5.74) is -0.345. The van der Waals surface area contributed by atoms with Gasteiger partial charge < -0.3 is 10.2 Å². The van der Waals surface area contributed by atoms with Crippen LogP contribution in [-0.2, 0) is 11.0 Å². The Morgan fingerprint density at radius 2 is 1.96 bits per heavy atom. The summed E-state index contributed by atoms with van der Waals surface area (Å²) >= 11 is 0.946. The van der Waals surface area contributed by atoms with Crippen molar-refractivity contribution < 1.29 is 22.8 Å². The Bertz CT molecular complexity index is 969. The first-order chi connectivity index (χ1) is 12.9. The van der Waals surface area contributed by atoms with E-state index >= 15 is 0 Å². The van der Waals surface area contributed by atoms with Gasteiger partial charge in [-0.3, -0.25) is 14.3 Å². The van der Waals surface area contributed by atoms with E-state index < -0.39 is 23.8 Å². The average molecular weight is 413 g/mol. The van der Waals surface area contributed by atoms with Gasteiger partial charge in [0.1, 0.15) is 17.1 Å². The molecule has 0 spiro atoms. The molecule has 0 aliphatic carbocycles. The maximum Gasteiger partial charge on any atom is 0.435 e. The quantitative estimate of drug-likeness (QED) is 0.832. The van der Waals surface area contributed by atoms with E-state index in [1.54, 1.807) is 21.0 Å². The average Bonchev–Trinajstić information content (AvgIpc) is 3.13. The normalized spacial score (nSPS) is 12.4. The molecule has 2 heterocycles. The highest BCUT2D eigenvalue weighted by atomic mass is 32.1. The lowest BCUT2D eigenvalue weighted by Crippen LogP contribution is -2.25. The number of aromatic nitrogens is 2. The number of hydrogen-bond acceptors (Lipinski definition) is 5. The molecule has 11 heteroatoms. The first kappa shape index (κ1) is 21.4. The van der Waals surface area contributed by atoms with Gasteiger partial charge >= 0.3 is 6.18 Å². The van der Waals surface area contributed by atoms with Crippen LogP contribution in [0.4, 0.5) is 18.2 Å². The number of alkyl halides is 3. The number of nitrogens with zero attached hydrogens (tertiary/aromatic N) is 4. The smallest absolute Gasteiger partial charge is 0.344 e. The molecule has 150 valence electrons. The number of carbonyl (C=O) groups is 2. The molecule has 1 unspecified atom stereocenters. The molecule has 0 aliphatic rings. The highest BCUT2D eigenvalue weighted by molar-refractivity contribution is 7.18. The molecule has 0 saturated carbocycles. The van der Waals surface area contributed by atoms with Crippen molar-refractivity contribution in [3.8, 4) is 6.07 Å². The molecular formula is C17H18F3N5O2S. The summed E-state index contributed by atoms with van der Waals surface area (Å²) in [5, 5.41) is 15.5. The summed E-state index contributed by atoms with van der Waals surface area (Å²) in [6, 6.07) is 1.75. The molecule has 0 bridgehead atoms. The molecule has 0 aliphatic heterocycles. The number of amides is 2. The van der Waals surface area contributed by atoms with Crippen molar-refractivity contribution in [1.29, 1.82) is 5.26 Å². The Morgan fingerprint density at radius 3 is 2.43 bits per heavy atom. The molecule has 2 rings (SSSR count). The molecular weight excluding hydrogens is 395 g/mol. The van der Waals surface area contributed by atoms with Crippen LogP contribution >= 0.6 is 11.3 Å². The first-order valence-corrected chi connectivity index (χ1v) is 8.89. The Hall–Kier alpha value is -2.87. The molecule has 0 radical (unpaired) electrons. The third kappa shape index (κ3) is 4.01. The second-order valence-corrected chi connectivity index (χ2v) is 7.37. The predicted octanol–water partition coefficient (Wildman–Crippen LogP) is 3.35. The number of carbonyl (C=O) groups excluding carboxylic acids is 2. The molecule has 7 nitrogen and oxygen atoms in total. The van der Waals surface area contributed by atoms with E-state index in [2.05, 4.69) is 10.4 Å². The van der Waals surface area contributed by atoms with Crippen LogP contribution in [0.1, 0.15) is 45.2 Å². The first-order valence-electron chi connectivity index (χ1n) is 8.07. The predicted molar refractivity (Wildman–Crippen MR) is 97.1 cm³/mol. The number of nitriles is 1. The zero-order valence-electron chi connectivity index (χ0n) is 15.8. The van der Waals surface area contributed by atoms with Crippen molar-refractivity contribution in [3.63, 3.8) is 0 Å². The van der Waals surface area contributed by atoms with Gasteiger partial charge in [-0.25, -0.2) is 0 Å². The minimum absolute atomic E-state index is 0.143. The number of halogens is 3. The van der Waals surface area contributed by atoms with Gasteiger partial charge in [0, 0.05) is 19.8 Å². The molecule has 2 aromatic rings. The molecule has 2 amide bonds. The van der Waals surface area contributed by atoms with E-state index in [1.807, 2.05) is 6.07 Å². The summed E-state index contributed by atoms with van der Waals surface area (Å²) in [6.45, 7) is 4.40. The fourth-order valence-electron chi connectivity index (χ4n) is 2.49. The van der Waals surface area contributed by atoms with Crippen LogP contribution in [-0.4, -0.2) is 40.6 Å². The van der Waals surface area contributed by atoms with E-state index in [0.29, 0.717) is 10.4 Å². The van der Waals surface area contributed by atoms with Crippen molar-refractivity contribution in [2.45, 2.75) is 33.0 Å². The number of thiophene rings is 1. The molecule has 2 aromatic heterocycles. The summed E-state index contributed by atoms with van der Waals surface area (Å²) in [4.78, 5) is 26.4. The number of anilines is 1. The number of nitrogens with one attached hydrogen (secondary N) is 1. The zero-order valence-corrected chi connectivity index (χ0v) is 16.6. The van der Waals surface area contributed by atoms with Crippen molar-refractivity contribution in [1.82, 2.24) is 14.7 Å². The minimum atomic E-state index is -4.62. The highest BCUT2D eigenvalue weighted by Crippen LogP contribution is 2.34. The summed E-state index contributed by atoms with van der Waals surface area (Å²) in [7, 11) is 3.12. The SMILES string of the molecule is Cc1c(C(=O)N(C)C)sc(NC(=O)C(C)n2nc(C(F)(F)F)cc2C)c1C#N.